The van der Waals surface area contributed by atoms with Crippen molar-refractivity contribution in [3.63, 3.8) is 0 Å². The Hall–Kier alpha value is -3.05. The van der Waals surface area contributed by atoms with E-state index in [-0.39, 0.29) is 0 Å². The maximum absolute atomic E-state index is 5.76. The van der Waals surface area contributed by atoms with Crippen LogP contribution in [-0.2, 0) is 0 Å². The molecule has 3 heterocycles. The number of nitrogens with zero attached hydrogens (tertiary/aromatic N) is 1. The lowest BCUT2D eigenvalue weighted by Crippen LogP contribution is -2.34. The fourth-order valence-electron chi connectivity index (χ4n) is 5.69. The molecule has 1 unspecified atom stereocenters. The zero-order valence-electron chi connectivity index (χ0n) is 24.2. The van der Waals surface area contributed by atoms with E-state index in [2.05, 4.69) is 92.4 Å². The normalized spacial score (nSPS) is 15.8. The monoisotopic (exact) mass is 514 g/mol. The number of H-pyrrole nitrogens is 2. The molecule has 0 amide bonds. The predicted octanol–water partition coefficient (Wildman–Crippen LogP) is 4.90. The van der Waals surface area contributed by atoms with Crippen LogP contribution in [0.2, 0.25) is 0 Å². The third kappa shape index (κ3) is 6.87. The van der Waals surface area contributed by atoms with Crippen molar-refractivity contribution in [2.24, 2.45) is 4.99 Å². The van der Waals surface area contributed by atoms with Gasteiger partial charge in [0.25, 0.3) is 0 Å². The van der Waals surface area contributed by atoms with Gasteiger partial charge in [0.1, 0.15) is 5.75 Å². The van der Waals surface area contributed by atoms with Gasteiger partial charge < -0.3 is 20.0 Å². The van der Waals surface area contributed by atoms with E-state index < -0.39 is 0 Å². The number of methoxy groups -OCH3 is 1. The van der Waals surface area contributed by atoms with Crippen LogP contribution in [0, 0.1) is 13.8 Å². The third-order valence-corrected chi connectivity index (χ3v) is 7.45. The fourth-order valence-corrected chi connectivity index (χ4v) is 5.69. The van der Waals surface area contributed by atoms with E-state index in [0.29, 0.717) is 12.1 Å². The predicted molar refractivity (Wildman–Crippen MR) is 159 cm³/mol. The van der Waals surface area contributed by atoms with Crippen molar-refractivity contribution in [1.29, 1.82) is 0 Å². The summed E-state index contributed by atoms with van der Waals surface area (Å²) in [6.07, 6.45) is 12.0. The van der Waals surface area contributed by atoms with E-state index in [1.807, 2.05) is 0 Å². The Morgan fingerprint density at radius 3 is 2.50 bits per heavy atom. The topological polar surface area (TPSA) is 65.2 Å². The van der Waals surface area contributed by atoms with Crippen molar-refractivity contribution in [1.82, 2.24) is 15.3 Å². The van der Waals surface area contributed by atoms with Crippen LogP contribution in [0.3, 0.4) is 0 Å². The van der Waals surface area contributed by atoms with Gasteiger partial charge >= 0.3 is 0 Å². The lowest BCUT2D eigenvalue weighted by atomic mass is 9.99. The highest BCUT2D eigenvalue weighted by atomic mass is 16.5. The summed E-state index contributed by atoms with van der Waals surface area (Å²) in [7, 11) is 1.73. The number of aromatic nitrogens is 2. The molecule has 4 rings (SSSR count). The quantitative estimate of drug-likeness (QED) is 0.284. The maximum Gasteiger partial charge on any atom is 0.144 e. The second kappa shape index (κ2) is 13.1. The molecule has 1 aliphatic heterocycles. The number of hydrogen-bond donors (Lipinski definition) is 3. The number of hydrogen-bond acceptors (Lipinski definition) is 3. The minimum absolute atomic E-state index is 0.559. The summed E-state index contributed by atoms with van der Waals surface area (Å²) in [4.78, 5) is 12.1. The van der Waals surface area contributed by atoms with Gasteiger partial charge in [-0.2, -0.15) is 0 Å². The minimum Gasteiger partial charge on any atom is -0.494 e. The largest absolute Gasteiger partial charge is 0.494 e. The van der Waals surface area contributed by atoms with Crippen molar-refractivity contribution in [2.45, 2.75) is 98.1 Å². The molecule has 0 spiro atoms. The average molecular weight is 515 g/mol. The smallest absolute Gasteiger partial charge is 0.144 e. The van der Waals surface area contributed by atoms with Crippen LogP contribution in [0.4, 0.5) is 0 Å². The Morgan fingerprint density at radius 1 is 1.00 bits per heavy atom. The van der Waals surface area contributed by atoms with Crippen LogP contribution in [0.5, 0.6) is 5.75 Å². The van der Waals surface area contributed by atoms with Gasteiger partial charge in [0.2, 0.25) is 0 Å². The number of rotatable bonds is 13. The summed E-state index contributed by atoms with van der Waals surface area (Å²) in [5, 5.41) is 8.05. The van der Waals surface area contributed by atoms with Crippen molar-refractivity contribution in [3.05, 3.63) is 74.6 Å². The molecule has 0 saturated heterocycles. The van der Waals surface area contributed by atoms with Gasteiger partial charge in [0.15, 0.2) is 0 Å². The number of ether oxygens (including phenoxy) is 1. The molecule has 0 fully saturated rings. The zero-order valence-corrected chi connectivity index (χ0v) is 24.2. The molecular weight excluding hydrogens is 468 g/mol. The summed E-state index contributed by atoms with van der Waals surface area (Å²) >= 11 is 0. The molecular formula is C33H46N4O. The Kier molecular flexibility index (Phi) is 9.68. The number of para-hydroxylation sites is 1. The number of fused-ring (bicyclic) bond motifs is 1. The molecule has 1 aliphatic rings. The summed E-state index contributed by atoms with van der Waals surface area (Å²) in [6, 6.07) is 14.0. The van der Waals surface area contributed by atoms with E-state index in [4.69, 9.17) is 9.73 Å². The van der Waals surface area contributed by atoms with Crippen molar-refractivity contribution < 1.29 is 4.74 Å². The first-order valence-electron chi connectivity index (χ1n) is 14.5. The molecule has 3 N–H and O–H groups in total. The molecule has 5 nitrogen and oxygen atoms in total. The first kappa shape index (κ1) is 28.0. The highest BCUT2D eigenvalue weighted by molar-refractivity contribution is 5.88. The summed E-state index contributed by atoms with van der Waals surface area (Å²) in [5.41, 5.74) is 5.86. The number of aryl methyl sites for hydroxylation is 2. The zero-order chi connectivity index (χ0) is 27.1. The number of benzene rings is 1. The van der Waals surface area contributed by atoms with Crippen molar-refractivity contribution in [3.8, 4) is 5.75 Å². The van der Waals surface area contributed by atoms with Gasteiger partial charge in [-0.15, -0.1) is 0 Å². The Bertz CT molecular complexity index is 1460. The van der Waals surface area contributed by atoms with Crippen LogP contribution < -0.4 is 31.3 Å². The third-order valence-electron chi connectivity index (χ3n) is 7.45. The van der Waals surface area contributed by atoms with Crippen LogP contribution in [0.1, 0.15) is 89.1 Å². The fraction of sp³-hybridized carbons (Fsp3) is 0.485. The Balaban J connectivity index is 1.53. The first-order valence-corrected chi connectivity index (χ1v) is 14.5. The number of unbranched alkanes of at least 4 members (excludes halogenated alkanes) is 3. The van der Waals surface area contributed by atoms with E-state index in [1.165, 1.54) is 61.3 Å². The van der Waals surface area contributed by atoms with Gasteiger partial charge in [-0.1, -0.05) is 64.7 Å². The minimum atomic E-state index is 0.559. The lowest BCUT2D eigenvalue weighted by Gasteiger charge is -2.20. The van der Waals surface area contributed by atoms with E-state index in [9.17, 15) is 0 Å². The number of aromatic amines is 2. The molecule has 0 bridgehead atoms. The molecule has 5 heteroatoms. The molecule has 0 saturated carbocycles. The molecule has 1 aromatic carbocycles. The van der Waals surface area contributed by atoms with Crippen LogP contribution in [0.15, 0.2) is 41.4 Å². The van der Waals surface area contributed by atoms with Gasteiger partial charge in [0.05, 0.1) is 28.9 Å². The highest BCUT2D eigenvalue weighted by Gasteiger charge is 2.15. The first-order chi connectivity index (χ1) is 18.4. The van der Waals surface area contributed by atoms with E-state index in [0.717, 1.165) is 45.3 Å². The summed E-state index contributed by atoms with van der Waals surface area (Å²) < 4.78 is 5.76. The second-order valence-corrected chi connectivity index (χ2v) is 11.1. The molecule has 204 valence electrons. The Morgan fingerprint density at radius 2 is 1.79 bits per heavy atom. The molecule has 3 aromatic rings. The second-order valence-electron chi connectivity index (χ2n) is 11.1. The Labute approximate surface area is 227 Å². The molecule has 38 heavy (non-hydrogen) atoms. The average Bonchev–Trinajstić information content (AvgIpc) is 3.55. The molecule has 0 radical (unpaired) electrons. The molecule has 0 aliphatic carbocycles. The van der Waals surface area contributed by atoms with Crippen molar-refractivity contribution >= 4 is 17.3 Å². The van der Waals surface area contributed by atoms with E-state index >= 15 is 0 Å². The van der Waals surface area contributed by atoms with Gasteiger partial charge in [-0.3, -0.25) is 0 Å². The van der Waals surface area contributed by atoms with Crippen LogP contribution >= 0.6 is 0 Å². The summed E-state index contributed by atoms with van der Waals surface area (Å²) in [5.74, 6) is 0.835. The highest BCUT2D eigenvalue weighted by Crippen LogP contribution is 2.22. The molecule has 1 atom stereocenters. The standard InChI is InChI=1S/C33H46N4O/c1-7-14-25(34-22(2)3)15-10-8-9-11-17-27-26-16-12-13-18-28(26)37-33(27)31-21-32(38-6)30(36-31)20-29-23(4)19-24(5)35-29/h12-13,16,18-22,25,34-36H,7-11,14-15,17H2,1-6H3/b30-20-,33-31?. The van der Waals surface area contributed by atoms with Crippen molar-refractivity contribution in [2.75, 3.05) is 7.11 Å². The van der Waals surface area contributed by atoms with Gasteiger partial charge in [-0.05, 0) is 68.9 Å². The van der Waals surface area contributed by atoms with Crippen LogP contribution in [0.25, 0.3) is 17.3 Å². The van der Waals surface area contributed by atoms with Gasteiger partial charge in [-0.25, -0.2) is 4.99 Å². The lowest BCUT2D eigenvalue weighted by molar-refractivity contribution is 0.398. The SMILES string of the molecule is CCCC(CCCCCCC1=c2ccccc2=NC1=c1cc(OC)/c(=C/c2[nH]c(C)cc2C)[nH]1)NC(C)C. The number of nitrogens with one attached hydrogen (secondary N) is 3. The summed E-state index contributed by atoms with van der Waals surface area (Å²) in [6.45, 7) is 11.0. The van der Waals surface area contributed by atoms with E-state index in [1.54, 1.807) is 7.11 Å². The maximum atomic E-state index is 5.76. The molecule has 2 aromatic heterocycles. The van der Waals surface area contributed by atoms with Crippen LogP contribution in [-0.4, -0.2) is 29.2 Å². The van der Waals surface area contributed by atoms with Gasteiger partial charge in [0, 0.05) is 34.8 Å².